The first-order valence-electron chi connectivity index (χ1n) is 7.41. The topological polar surface area (TPSA) is 58.4 Å². The van der Waals surface area contributed by atoms with Gasteiger partial charge in [0.1, 0.15) is 0 Å². The number of nitrogens with zero attached hydrogens (tertiary/aromatic N) is 2. The number of likely N-dealkylation sites (tertiary alicyclic amines) is 1. The molecule has 0 radical (unpaired) electrons. The highest BCUT2D eigenvalue weighted by molar-refractivity contribution is 9.10. The van der Waals surface area contributed by atoms with Crippen LogP contribution in [-0.2, 0) is 6.54 Å². The number of rotatable bonds is 7. The quantitative estimate of drug-likeness (QED) is 0.602. The van der Waals surface area contributed by atoms with Crippen LogP contribution < -0.4 is 5.32 Å². The summed E-state index contributed by atoms with van der Waals surface area (Å²) >= 11 is 3.32. The van der Waals surface area contributed by atoms with Gasteiger partial charge in [0, 0.05) is 29.7 Å². The molecule has 2 rings (SSSR count). The number of hydrogen-bond acceptors (Lipinski definition) is 4. The Morgan fingerprint density at radius 3 is 2.76 bits per heavy atom. The molecule has 1 heterocycles. The van der Waals surface area contributed by atoms with Gasteiger partial charge in [-0.25, -0.2) is 0 Å². The molecular weight excluding hydrogens is 334 g/mol. The molecular formula is C15H22BrN3O2. The monoisotopic (exact) mass is 355 g/mol. The zero-order chi connectivity index (χ0) is 15.2. The van der Waals surface area contributed by atoms with Crippen molar-refractivity contribution in [1.29, 1.82) is 0 Å². The summed E-state index contributed by atoms with van der Waals surface area (Å²) in [7, 11) is 0. The standard InChI is InChI=1S/C15H22BrN3O2/c1-12(11-18-4-2-3-5-18)9-17-10-13-6-14(16)8-15(7-13)19(20)21/h6-8,12,17H,2-5,9-11H2,1H3. The average molecular weight is 356 g/mol. The third-order valence-electron chi connectivity index (χ3n) is 3.74. The molecule has 0 aliphatic carbocycles. The first-order chi connectivity index (χ1) is 10.0. The third-order valence-corrected chi connectivity index (χ3v) is 4.20. The molecule has 1 unspecified atom stereocenters. The lowest BCUT2D eigenvalue weighted by atomic mass is 10.1. The molecule has 6 heteroatoms. The molecule has 1 fully saturated rings. The molecule has 1 aliphatic heterocycles. The number of non-ortho nitro benzene ring substituents is 1. The van der Waals surface area contributed by atoms with Crippen LogP contribution in [0, 0.1) is 16.0 Å². The fourth-order valence-corrected chi connectivity index (χ4v) is 3.30. The van der Waals surface area contributed by atoms with Crippen molar-refractivity contribution < 1.29 is 4.92 Å². The van der Waals surface area contributed by atoms with Crippen LogP contribution in [0.25, 0.3) is 0 Å². The molecule has 1 atom stereocenters. The maximum absolute atomic E-state index is 10.8. The predicted octanol–water partition coefficient (Wildman–Crippen LogP) is 3.18. The Balaban J connectivity index is 1.78. The van der Waals surface area contributed by atoms with Crippen LogP contribution in [0.1, 0.15) is 25.3 Å². The molecule has 116 valence electrons. The molecule has 1 N–H and O–H groups in total. The Kier molecular flexibility index (Phi) is 6.14. The van der Waals surface area contributed by atoms with Crippen LogP contribution in [0.4, 0.5) is 5.69 Å². The summed E-state index contributed by atoms with van der Waals surface area (Å²) in [6, 6.07) is 5.08. The van der Waals surface area contributed by atoms with Gasteiger partial charge in [-0.15, -0.1) is 0 Å². The third kappa shape index (κ3) is 5.37. The maximum Gasteiger partial charge on any atom is 0.270 e. The first kappa shape index (κ1) is 16.4. The minimum Gasteiger partial charge on any atom is -0.312 e. The van der Waals surface area contributed by atoms with Gasteiger partial charge in [0.25, 0.3) is 5.69 Å². The summed E-state index contributed by atoms with van der Waals surface area (Å²) in [6.07, 6.45) is 2.64. The molecule has 0 saturated carbocycles. The van der Waals surface area contributed by atoms with Gasteiger partial charge in [-0.1, -0.05) is 22.9 Å². The van der Waals surface area contributed by atoms with Crippen LogP contribution in [0.3, 0.4) is 0 Å². The zero-order valence-electron chi connectivity index (χ0n) is 12.3. The van der Waals surface area contributed by atoms with Gasteiger partial charge in [-0.05, 0) is 50.0 Å². The van der Waals surface area contributed by atoms with Gasteiger partial charge in [0.05, 0.1) is 4.92 Å². The molecule has 1 aromatic rings. The zero-order valence-corrected chi connectivity index (χ0v) is 13.9. The Morgan fingerprint density at radius 1 is 1.38 bits per heavy atom. The van der Waals surface area contributed by atoms with Crippen LogP contribution in [0.5, 0.6) is 0 Å². The summed E-state index contributed by atoms with van der Waals surface area (Å²) in [6.45, 7) is 7.41. The molecule has 0 amide bonds. The molecule has 21 heavy (non-hydrogen) atoms. The Labute approximate surface area is 134 Å². The van der Waals surface area contributed by atoms with Crippen molar-refractivity contribution in [1.82, 2.24) is 10.2 Å². The summed E-state index contributed by atoms with van der Waals surface area (Å²) in [5.74, 6) is 0.588. The molecule has 5 nitrogen and oxygen atoms in total. The Bertz CT molecular complexity index is 490. The van der Waals surface area contributed by atoms with Crippen molar-refractivity contribution in [3.8, 4) is 0 Å². The van der Waals surface area contributed by atoms with E-state index in [1.807, 2.05) is 6.07 Å². The summed E-state index contributed by atoms with van der Waals surface area (Å²) in [5.41, 5.74) is 1.07. The van der Waals surface area contributed by atoms with Crippen molar-refractivity contribution >= 4 is 21.6 Å². The van der Waals surface area contributed by atoms with E-state index in [1.165, 1.54) is 32.0 Å². The number of halogens is 1. The molecule has 0 aromatic heterocycles. The van der Waals surface area contributed by atoms with E-state index in [-0.39, 0.29) is 10.6 Å². The second-order valence-corrected chi connectivity index (χ2v) is 6.73. The normalized spacial score (nSPS) is 17.0. The van der Waals surface area contributed by atoms with E-state index in [0.29, 0.717) is 12.5 Å². The minimum atomic E-state index is -0.357. The second kappa shape index (κ2) is 7.87. The van der Waals surface area contributed by atoms with Gasteiger partial charge in [0.15, 0.2) is 0 Å². The molecule has 1 aromatic carbocycles. The second-order valence-electron chi connectivity index (χ2n) is 5.82. The van der Waals surface area contributed by atoms with Gasteiger partial charge in [-0.2, -0.15) is 0 Å². The smallest absolute Gasteiger partial charge is 0.270 e. The number of hydrogen-bond donors (Lipinski definition) is 1. The van der Waals surface area contributed by atoms with E-state index in [9.17, 15) is 10.1 Å². The van der Waals surface area contributed by atoms with Gasteiger partial charge < -0.3 is 10.2 Å². The van der Waals surface area contributed by atoms with Crippen LogP contribution in [0.2, 0.25) is 0 Å². The molecule has 0 spiro atoms. The average Bonchev–Trinajstić information content (AvgIpc) is 2.90. The van der Waals surface area contributed by atoms with E-state index in [2.05, 4.69) is 33.1 Å². The van der Waals surface area contributed by atoms with Gasteiger partial charge in [0.2, 0.25) is 0 Å². The summed E-state index contributed by atoms with van der Waals surface area (Å²) in [4.78, 5) is 13.0. The number of benzene rings is 1. The largest absolute Gasteiger partial charge is 0.312 e. The van der Waals surface area contributed by atoms with Crippen LogP contribution in [0.15, 0.2) is 22.7 Å². The number of nitro groups is 1. The van der Waals surface area contributed by atoms with Crippen molar-refractivity contribution in [2.75, 3.05) is 26.2 Å². The van der Waals surface area contributed by atoms with Crippen LogP contribution in [-0.4, -0.2) is 36.0 Å². The van der Waals surface area contributed by atoms with E-state index in [0.717, 1.165) is 23.1 Å². The summed E-state index contributed by atoms with van der Waals surface area (Å²) < 4.78 is 0.749. The highest BCUT2D eigenvalue weighted by Gasteiger charge is 2.14. The van der Waals surface area contributed by atoms with Gasteiger partial charge >= 0.3 is 0 Å². The van der Waals surface area contributed by atoms with E-state index >= 15 is 0 Å². The highest BCUT2D eigenvalue weighted by atomic mass is 79.9. The molecule has 1 aliphatic rings. The van der Waals surface area contributed by atoms with E-state index < -0.39 is 0 Å². The lowest BCUT2D eigenvalue weighted by Gasteiger charge is -2.20. The van der Waals surface area contributed by atoms with Crippen molar-refractivity contribution in [3.05, 3.63) is 38.3 Å². The van der Waals surface area contributed by atoms with Crippen molar-refractivity contribution in [2.24, 2.45) is 5.92 Å². The Morgan fingerprint density at radius 2 is 2.10 bits per heavy atom. The lowest BCUT2D eigenvalue weighted by Crippen LogP contribution is -2.31. The Hall–Kier alpha value is -0.980. The molecule has 1 saturated heterocycles. The SMILES string of the molecule is CC(CNCc1cc(Br)cc([N+](=O)[O-])c1)CN1CCCC1. The fraction of sp³-hybridized carbons (Fsp3) is 0.600. The van der Waals surface area contributed by atoms with Crippen molar-refractivity contribution in [3.63, 3.8) is 0 Å². The fourth-order valence-electron chi connectivity index (χ4n) is 2.77. The first-order valence-corrected chi connectivity index (χ1v) is 8.21. The minimum absolute atomic E-state index is 0.131. The number of nitro benzene ring substituents is 1. The van der Waals surface area contributed by atoms with E-state index in [4.69, 9.17) is 0 Å². The number of nitrogens with one attached hydrogen (secondary N) is 1. The van der Waals surface area contributed by atoms with E-state index in [1.54, 1.807) is 6.07 Å². The lowest BCUT2D eigenvalue weighted by molar-refractivity contribution is -0.385. The highest BCUT2D eigenvalue weighted by Crippen LogP contribution is 2.21. The molecule has 0 bridgehead atoms. The van der Waals surface area contributed by atoms with Gasteiger partial charge in [-0.3, -0.25) is 10.1 Å². The van der Waals surface area contributed by atoms with Crippen molar-refractivity contribution in [2.45, 2.75) is 26.3 Å². The van der Waals surface area contributed by atoms with Crippen LogP contribution >= 0.6 is 15.9 Å². The summed E-state index contributed by atoms with van der Waals surface area (Å²) in [5, 5.41) is 14.2. The predicted molar refractivity (Wildman–Crippen MR) is 87.3 cm³/mol. The maximum atomic E-state index is 10.8.